The van der Waals surface area contributed by atoms with Gasteiger partial charge in [-0.15, -0.1) is 0 Å². The smallest absolute Gasteiger partial charge is 0.232 e. The van der Waals surface area contributed by atoms with Crippen LogP contribution in [0.1, 0.15) is 17.3 Å². The normalized spacial score (nSPS) is 11.7. The molecule has 0 radical (unpaired) electrons. The molecule has 1 atom stereocenters. The predicted octanol–water partition coefficient (Wildman–Crippen LogP) is 1.95. The number of ether oxygens (including phenoxy) is 2. The lowest BCUT2D eigenvalue weighted by molar-refractivity contribution is -0.117. The van der Waals surface area contributed by atoms with E-state index in [9.17, 15) is 9.18 Å². The number of benzene rings is 2. The number of amides is 1. The first-order chi connectivity index (χ1) is 13.1. The molecule has 9 heteroatoms. The molecule has 0 saturated heterocycles. The molecule has 0 fully saturated rings. The van der Waals surface area contributed by atoms with Crippen molar-refractivity contribution in [1.82, 2.24) is 20.6 Å². The number of carbonyl (C=O) groups is 1. The third-order valence-corrected chi connectivity index (χ3v) is 3.97. The fraction of sp³-hybridized carbons (Fsp3) is 0.222. The summed E-state index contributed by atoms with van der Waals surface area (Å²) in [6.45, 7) is 0. The third-order valence-electron chi connectivity index (χ3n) is 3.97. The molecule has 3 rings (SSSR count). The van der Waals surface area contributed by atoms with Gasteiger partial charge in [-0.2, -0.15) is 5.21 Å². The van der Waals surface area contributed by atoms with Gasteiger partial charge in [0.05, 0.1) is 20.1 Å². The lowest BCUT2D eigenvalue weighted by Crippen LogP contribution is -2.24. The topological polar surface area (TPSA) is 100 Å². The molecule has 3 aromatic rings. The maximum atomic E-state index is 13.4. The molecule has 140 valence electrons. The van der Waals surface area contributed by atoms with Gasteiger partial charge in [0.15, 0.2) is 0 Å². The van der Waals surface area contributed by atoms with Gasteiger partial charge >= 0.3 is 0 Å². The quantitative estimate of drug-likeness (QED) is 0.678. The van der Waals surface area contributed by atoms with Gasteiger partial charge in [-0.1, -0.05) is 12.1 Å². The molecule has 1 amide bonds. The molecule has 0 bridgehead atoms. The van der Waals surface area contributed by atoms with E-state index in [1.54, 1.807) is 31.4 Å². The molecule has 1 N–H and O–H groups in total. The average Bonchev–Trinajstić information content (AvgIpc) is 3.20. The Balaban J connectivity index is 1.87. The SMILES string of the molecule is COc1ccc(C[C@H](C(=O)Nc2cccc(F)c2)c2nnn[n-]2)c(OC)c1. The molecule has 8 nitrogen and oxygen atoms in total. The van der Waals surface area contributed by atoms with E-state index in [2.05, 4.69) is 25.9 Å². The zero-order valence-electron chi connectivity index (χ0n) is 14.7. The minimum absolute atomic E-state index is 0.168. The van der Waals surface area contributed by atoms with Gasteiger partial charge in [0.25, 0.3) is 0 Å². The highest BCUT2D eigenvalue weighted by Gasteiger charge is 2.23. The second-order valence-electron chi connectivity index (χ2n) is 5.67. The van der Waals surface area contributed by atoms with Gasteiger partial charge in [-0.25, -0.2) is 4.39 Å². The van der Waals surface area contributed by atoms with Crippen LogP contribution in [0.5, 0.6) is 11.5 Å². The van der Waals surface area contributed by atoms with Crippen LogP contribution >= 0.6 is 0 Å². The number of carbonyl (C=O) groups excluding carboxylic acids is 1. The Morgan fingerprint density at radius 2 is 2.07 bits per heavy atom. The first kappa shape index (κ1) is 18.3. The van der Waals surface area contributed by atoms with Crippen molar-refractivity contribution in [2.45, 2.75) is 12.3 Å². The van der Waals surface area contributed by atoms with Gasteiger partial charge in [-0.05, 0) is 36.2 Å². The summed E-state index contributed by atoms with van der Waals surface area (Å²) < 4.78 is 24.0. The average molecular weight is 370 g/mol. The molecular weight excluding hydrogens is 353 g/mol. The largest absolute Gasteiger partial charge is 0.497 e. The number of tetrazole rings is 1. The van der Waals surface area contributed by atoms with E-state index < -0.39 is 17.6 Å². The van der Waals surface area contributed by atoms with Gasteiger partial charge in [0, 0.05) is 17.6 Å². The molecule has 2 aromatic carbocycles. The predicted molar refractivity (Wildman–Crippen MR) is 94.2 cm³/mol. The summed E-state index contributed by atoms with van der Waals surface area (Å²) in [4.78, 5) is 12.8. The van der Waals surface area contributed by atoms with E-state index in [1.807, 2.05) is 0 Å². The second-order valence-corrected chi connectivity index (χ2v) is 5.67. The molecule has 1 heterocycles. The standard InChI is InChI=1S/C18H18FN5O3/c1-26-14-7-6-11(16(10-14)27-2)8-15(17-21-23-24-22-17)18(25)20-13-5-3-4-12(19)9-13/h3-7,9-10,15H,8H2,1-2H3,(H2,20,21,22,23,24,25)/p-1/t15-/m0/s1. The number of aromatic nitrogens is 4. The Morgan fingerprint density at radius 3 is 2.74 bits per heavy atom. The number of nitrogens with zero attached hydrogens (tertiary/aromatic N) is 4. The van der Waals surface area contributed by atoms with Gasteiger partial charge in [-0.3, -0.25) is 15.1 Å². The van der Waals surface area contributed by atoms with Crippen LogP contribution in [0.2, 0.25) is 0 Å². The summed E-state index contributed by atoms with van der Waals surface area (Å²) in [6.07, 6.45) is 0.238. The fourth-order valence-electron chi connectivity index (χ4n) is 2.63. The number of halogens is 1. The molecule has 0 unspecified atom stereocenters. The summed E-state index contributed by atoms with van der Waals surface area (Å²) in [5.74, 6) is -0.288. The van der Waals surface area contributed by atoms with Crippen molar-refractivity contribution in [1.29, 1.82) is 0 Å². The van der Waals surface area contributed by atoms with Crippen molar-refractivity contribution < 1.29 is 18.7 Å². The van der Waals surface area contributed by atoms with Gasteiger partial charge in [0.1, 0.15) is 17.3 Å². The first-order valence-electron chi connectivity index (χ1n) is 8.06. The van der Waals surface area contributed by atoms with Crippen LogP contribution in [-0.4, -0.2) is 35.7 Å². The summed E-state index contributed by atoms with van der Waals surface area (Å²) in [5, 5.41) is 17.2. The van der Waals surface area contributed by atoms with Crippen LogP contribution in [0.4, 0.5) is 10.1 Å². The zero-order valence-corrected chi connectivity index (χ0v) is 14.7. The Kier molecular flexibility index (Phi) is 5.60. The summed E-state index contributed by atoms with van der Waals surface area (Å²) in [5.41, 5.74) is 1.08. The van der Waals surface area contributed by atoms with Crippen molar-refractivity contribution in [2.75, 3.05) is 19.5 Å². The maximum absolute atomic E-state index is 13.4. The van der Waals surface area contributed by atoms with E-state index >= 15 is 0 Å². The Labute approximate surface area is 154 Å². The van der Waals surface area contributed by atoms with Gasteiger partial charge < -0.3 is 19.9 Å². The highest BCUT2D eigenvalue weighted by Crippen LogP contribution is 2.29. The number of nitrogens with one attached hydrogen (secondary N) is 1. The summed E-state index contributed by atoms with van der Waals surface area (Å²) in [6, 6.07) is 10.9. The van der Waals surface area contributed by atoms with Crippen molar-refractivity contribution >= 4 is 11.6 Å². The van der Waals surface area contributed by atoms with Crippen molar-refractivity contribution in [3.05, 3.63) is 59.7 Å². The number of rotatable bonds is 7. The van der Waals surface area contributed by atoms with Crippen LogP contribution in [0.15, 0.2) is 42.5 Å². The van der Waals surface area contributed by atoms with Crippen LogP contribution in [0, 0.1) is 5.82 Å². The third kappa shape index (κ3) is 4.38. The molecule has 0 aliphatic heterocycles. The Bertz CT molecular complexity index is 917. The second kappa shape index (κ2) is 8.26. The molecule has 0 saturated carbocycles. The minimum atomic E-state index is -0.787. The summed E-state index contributed by atoms with van der Waals surface area (Å²) >= 11 is 0. The summed E-state index contributed by atoms with van der Waals surface area (Å²) in [7, 11) is 3.08. The molecular formula is C18H17FN5O3-. The minimum Gasteiger partial charge on any atom is -0.497 e. The molecule has 27 heavy (non-hydrogen) atoms. The van der Waals surface area contributed by atoms with Crippen molar-refractivity contribution in [3.8, 4) is 11.5 Å². The highest BCUT2D eigenvalue weighted by molar-refractivity contribution is 5.95. The van der Waals surface area contributed by atoms with Crippen LogP contribution < -0.4 is 19.9 Å². The number of hydrogen-bond donors (Lipinski definition) is 1. The van der Waals surface area contributed by atoms with E-state index in [4.69, 9.17) is 9.47 Å². The number of anilines is 1. The van der Waals surface area contributed by atoms with Crippen LogP contribution in [0.3, 0.4) is 0 Å². The molecule has 0 spiro atoms. The Hall–Kier alpha value is -3.49. The van der Waals surface area contributed by atoms with E-state index in [0.29, 0.717) is 17.2 Å². The number of methoxy groups -OCH3 is 2. The zero-order chi connectivity index (χ0) is 19.2. The van der Waals surface area contributed by atoms with Crippen LogP contribution in [0.25, 0.3) is 0 Å². The maximum Gasteiger partial charge on any atom is 0.232 e. The molecule has 0 aliphatic rings. The fourth-order valence-corrected chi connectivity index (χ4v) is 2.63. The van der Waals surface area contributed by atoms with E-state index in [1.165, 1.54) is 25.3 Å². The molecule has 1 aromatic heterocycles. The monoisotopic (exact) mass is 370 g/mol. The molecule has 0 aliphatic carbocycles. The van der Waals surface area contributed by atoms with Crippen molar-refractivity contribution in [3.63, 3.8) is 0 Å². The van der Waals surface area contributed by atoms with Crippen LogP contribution in [-0.2, 0) is 11.2 Å². The highest BCUT2D eigenvalue weighted by atomic mass is 19.1. The lowest BCUT2D eigenvalue weighted by atomic mass is 9.96. The lowest BCUT2D eigenvalue weighted by Gasteiger charge is -2.19. The van der Waals surface area contributed by atoms with Gasteiger partial charge in [0.2, 0.25) is 5.91 Å². The first-order valence-corrected chi connectivity index (χ1v) is 8.06. The van der Waals surface area contributed by atoms with E-state index in [0.717, 1.165) is 5.56 Å². The Morgan fingerprint density at radius 1 is 1.22 bits per heavy atom. The van der Waals surface area contributed by atoms with Crippen molar-refractivity contribution in [2.24, 2.45) is 0 Å². The number of hydrogen-bond acceptors (Lipinski definition) is 6. The van der Waals surface area contributed by atoms with E-state index in [-0.39, 0.29) is 12.2 Å².